The Bertz CT molecular complexity index is 257. The minimum absolute atomic E-state index is 0.0639. The maximum Gasteiger partial charge on any atom is 0.225 e. The van der Waals surface area contributed by atoms with Crippen LogP contribution in [0.1, 0.15) is 32.6 Å². The number of likely N-dealkylation sites (tertiary alicyclic amines) is 1. The fraction of sp³-hybridized carbons (Fsp3) is 0.929. The summed E-state index contributed by atoms with van der Waals surface area (Å²) in [5.74, 6) is 1.06. The molecule has 1 saturated heterocycles. The second-order valence-electron chi connectivity index (χ2n) is 5.80. The topological polar surface area (TPSA) is 49.6 Å². The van der Waals surface area contributed by atoms with Gasteiger partial charge in [-0.1, -0.05) is 6.92 Å². The van der Waals surface area contributed by atoms with Crippen molar-refractivity contribution in [3.05, 3.63) is 0 Å². The molecule has 4 nitrogen and oxygen atoms in total. The molecule has 0 aromatic heterocycles. The van der Waals surface area contributed by atoms with Crippen LogP contribution >= 0.6 is 0 Å². The highest BCUT2D eigenvalue weighted by atomic mass is 16.2. The van der Waals surface area contributed by atoms with Crippen molar-refractivity contribution in [1.82, 2.24) is 9.80 Å². The Labute approximate surface area is 111 Å². The zero-order chi connectivity index (χ0) is 13.5. The van der Waals surface area contributed by atoms with Crippen molar-refractivity contribution in [3.8, 4) is 0 Å². The number of nitrogens with two attached hydrogens (primary N) is 1. The van der Waals surface area contributed by atoms with Crippen molar-refractivity contribution in [1.29, 1.82) is 0 Å². The van der Waals surface area contributed by atoms with Gasteiger partial charge >= 0.3 is 0 Å². The van der Waals surface area contributed by atoms with Crippen LogP contribution in [-0.2, 0) is 4.79 Å². The summed E-state index contributed by atoms with van der Waals surface area (Å²) in [6.07, 6.45) is 4.52. The van der Waals surface area contributed by atoms with E-state index < -0.39 is 0 Å². The highest BCUT2D eigenvalue weighted by molar-refractivity contribution is 5.78. The molecular formula is C14H29N3O. The van der Waals surface area contributed by atoms with Crippen molar-refractivity contribution < 1.29 is 4.79 Å². The minimum atomic E-state index is 0.0639. The van der Waals surface area contributed by atoms with Crippen LogP contribution in [0.3, 0.4) is 0 Å². The van der Waals surface area contributed by atoms with Crippen LogP contribution in [0.5, 0.6) is 0 Å². The average molecular weight is 255 g/mol. The zero-order valence-electron chi connectivity index (χ0n) is 12.2. The van der Waals surface area contributed by atoms with Gasteiger partial charge < -0.3 is 15.5 Å². The lowest BCUT2D eigenvalue weighted by Gasteiger charge is -2.31. The van der Waals surface area contributed by atoms with Gasteiger partial charge in [0.2, 0.25) is 5.91 Å². The zero-order valence-corrected chi connectivity index (χ0v) is 12.2. The fourth-order valence-corrected chi connectivity index (χ4v) is 2.74. The van der Waals surface area contributed by atoms with Crippen LogP contribution in [0.25, 0.3) is 0 Å². The van der Waals surface area contributed by atoms with Crippen molar-refractivity contribution >= 4 is 5.91 Å². The first-order valence-electron chi connectivity index (χ1n) is 7.18. The second kappa shape index (κ2) is 7.74. The van der Waals surface area contributed by atoms with E-state index in [1.165, 1.54) is 25.9 Å². The molecule has 0 bridgehead atoms. The smallest absolute Gasteiger partial charge is 0.225 e. The van der Waals surface area contributed by atoms with Gasteiger partial charge in [0.25, 0.3) is 0 Å². The van der Waals surface area contributed by atoms with Gasteiger partial charge in [0.15, 0.2) is 0 Å². The Morgan fingerprint density at radius 2 is 2.28 bits per heavy atom. The van der Waals surface area contributed by atoms with Crippen molar-refractivity contribution in [3.63, 3.8) is 0 Å². The molecular weight excluding hydrogens is 226 g/mol. The number of amides is 1. The molecule has 0 radical (unpaired) electrons. The third kappa shape index (κ3) is 4.94. The molecule has 18 heavy (non-hydrogen) atoms. The molecule has 1 fully saturated rings. The van der Waals surface area contributed by atoms with Gasteiger partial charge in [-0.05, 0) is 51.7 Å². The van der Waals surface area contributed by atoms with Crippen LogP contribution in [-0.4, -0.2) is 56.0 Å². The molecule has 0 spiro atoms. The number of nitrogens with zero attached hydrogens (tertiary/aromatic N) is 2. The predicted molar refractivity (Wildman–Crippen MR) is 75.3 cm³/mol. The first kappa shape index (κ1) is 15.4. The van der Waals surface area contributed by atoms with Gasteiger partial charge in [0, 0.05) is 26.1 Å². The summed E-state index contributed by atoms with van der Waals surface area (Å²) in [6.45, 7) is 5.85. The SMILES string of the molecule is CC(CCN)C(=O)N(C)CCC1CCCN(C)C1. The van der Waals surface area contributed by atoms with Crippen molar-refractivity contribution in [2.24, 2.45) is 17.6 Å². The number of hydrogen-bond acceptors (Lipinski definition) is 3. The molecule has 1 aliphatic rings. The molecule has 1 heterocycles. The molecule has 0 saturated carbocycles. The van der Waals surface area contributed by atoms with Gasteiger partial charge in [-0.15, -0.1) is 0 Å². The Kier molecular flexibility index (Phi) is 6.65. The van der Waals surface area contributed by atoms with E-state index in [0.717, 1.165) is 25.3 Å². The number of hydrogen-bond donors (Lipinski definition) is 1. The van der Waals surface area contributed by atoms with Crippen LogP contribution in [0.4, 0.5) is 0 Å². The summed E-state index contributed by atoms with van der Waals surface area (Å²) in [5.41, 5.74) is 5.50. The largest absolute Gasteiger partial charge is 0.346 e. The van der Waals surface area contributed by atoms with Crippen molar-refractivity contribution in [2.75, 3.05) is 40.3 Å². The molecule has 1 aliphatic heterocycles. The lowest BCUT2D eigenvalue weighted by atomic mass is 9.95. The highest BCUT2D eigenvalue weighted by Gasteiger charge is 2.20. The summed E-state index contributed by atoms with van der Waals surface area (Å²) in [5, 5.41) is 0. The molecule has 2 unspecified atom stereocenters. The third-order valence-corrected chi connectivity index (χ3v) is 3.99. The average Bonchev–Trinajstić information content (AvgIpc) is 2.35. The molecule has 2 N–H and O–H groups in total. The molecule has 0 aliphatic carbocycles. The molecule has 2 atom stereocenters. The minimum Gasteiger partial charge on any atom is -0.346 e. The highest BCUT2D eigenvalue weighted by Crippen LogP contribution is 2.19. The van der Waals surface area contributed by atoms with E-state index in [1.54, 1.807) is 0 Å². The lowest BCUT2D eigenvalue weighted by molar-refractivity contribution is -0.134. The monoisotopic (exact) mass is 255 g/mol. The molecule has 0 aromatic carbocycles. The van der Waals surface area contributed by atoms with Gasteiger partial charge in [-0.25, -0.2) is 0 Å². The summed E-state index contributed by atoms with van der Waals surface area (Å²) < 4.78 is 0. The van der Waals surface area contributed by atoms with E-state index in [9.17, 15) is 4.79 Å². The quantitative estimate of drug-likeness (QED) is 0.775. The first-order valence-corrected chi connectivity index (χ1v) is 7.18. The van der Waals surface area contributed by atoms with E-state index in [2.05, 4.69) is 11.9 Å². The van der Waals surface area contributed by atoms with Crippen LogP contribution in [0.15, 0.2) is 0 Å². The van der Waals surface area contributed by atoms with E-state index >= 15 is 0 Å². The number of carbonyl (C=O) groups excluding carboxylic acids is 1. The van der Waals surface area contributed by atoms with Gasteiger partial charge in [-0.3, -0.25) is 4.79 Å². The summed E-state index contributed by atoms with van der Waals surface area (Å²) >= 11 is 0. The summed E-state index contributed by atoms with van der Waals surface area (Å²) in [6, 6.07) is 0. The number of piperidine rings is 1. The van der Waals surface area contributed by atoms with E-state index in [-0.39, 0.29) is 11.8 Å². The molecule has 1 amide bonds. The number of rotatable bonds is 6. The van der Waals surface area contributed by atoms with Crippen LogP contribution < -0.4 is 5.73 Å². The Morgan fingerprint density at radius 3 is 2.89 bits per heavy atom. The van der Waals surface area contributed by atoms with Gasteiger partial charge in [0.1, 0.15) is 0 Å². The Balaban J connectivity index is 2.27. The molecule has 106 valence electrons. The third-order valence-electron chi connectivity index (χ3n) is 3.99. The Hall–Kier alpha value is -0.610. The second-order valence-corrected chi connectivity index (χ2v) is 5.80. The molecule has 4 heteroatoms. The van der Waals surface area contributed by atoms with Gasteiger partial charge in [0.05, 0.1) is 0 Å². The van der Waals surface area contributed by atoms with Crippen LogP contribution in [0, 0.1) is 11.8 Å². The standard InChI is InChI=1S/C14H29N3O/c1-12(6-8-15)14(18)17(3)10-7-13-5-4-9-16(2)11-13/h12-13H,4-11,15H2,1-3H3. The maximum atomic E-state index is 12.0. The lowest BCUT2D eigenvalue weighted by Crippen LogP contribution is -2.37. The van der Waals surface area contributed by atoms with Crippen LogP contribution in [0.2, 0.25) is 0 Å². The molecule has 0 aromatic rings. The summed E-state index contributed by atoms with van der Waals surface area (Å²) in [7, 11) is 4.10. The fourth-order valence-electron chi connectivity index (χ4n) is 2.74. The van der Waals surface area contributed by atoms with Crippen molar-refractivity contribution in [2.45, 2.75) is 32.6 Å². The predicted octanol–water partition coefficient (Wildman–Crippen LogP) is 1.16. The normalized spacial score (nSPS) is 22.8. The molecule has 1 rings (SSSR count). The van der Waals surface area contributed by atoms with E-state index in [0.29, 0.717) is 6.54 Å². The first-order chi connectivity index (χ1) is 8.54. The summed E-state index contributed by atoms with van der Waals surface area (Å²) in [4.78, 5) is 16.3. The van der Waals surface area contributed by atoms with E-state index in [1.807, 2.05) is 18.9 Å². The number of carbonyl (C=O) groups is 1. The maximum absolute atomic E-state index is 12.0. The van der Waals surface area contributed by atoms with E-state index in [4.69, 9.17) is 5.73 Å². The van der Waals surface area contributed by atoms with Gasteiger partial charge in [-0.2, -0.15) is 0 Å². The Morgan fingerprint density at radius 1 is 1.56 bits per heavy atom.